The van der Waals surface area contributed by atoms with Gasteiger partial charge in [-0.2, -0.15) is 0 Å². The molecule has 6 N–H and O–H groups in total. The molecule has 2 saturated carbocycles. The Bertz CT molecular complexity index is 1460. The summed E-state index contributed by atoms with van der Waals surface area (Å²) in [5, 5.41) is 46.3. The number of anilines is 3. The number of carbonyl (C=O) groups is 2. The number of carbonyl (C=O) groups excluding carboxylic acids is 2. The second-order valence-electron chi connectivity index (χ2n) is 9.53. The van der Waals surface area contributed by atoms with Gasteiger partial charge in [0.25, 0.3) is 11.8 Å². The molecule has 2 aliphatic carbocycles. The molecule has 2 heterocycles. The molecule has 208 valence electrons. The summed E-state index contributed by atoms with van der Waals surface area (Å²) < 4.78 is 19.1. The molecule has 17 heteroatoms. The highest BCUT2D eigenvalue weighted by molar-refractivity contribution is 7.83. The average Bonchev–Trinajstić information content (AvgIpc) is 3.77. The standard InChI is InChI=1S/C23H25BN8O7S/c1-38-17-12(18(25)39-31-21-22(8-9-22)32(21)40(2)37)4-3-5-13(17)26-14-10-15(27-19(33)11-6-7-11)29-30-16(14)20(34)28-23(24,35)36/h3-5,10-11,25,35-36H,6-9H2,1-2H3,(H,28,34)(H2,26,27,29,33). The van der Waals surface area contributed by atoms with Crippen molar-refractivity contribution in [2.24, 2.45) is 11.1 Å². The molecule has 1 aliphatic heterocycles. The van der Waals surface area contributed by atoms with E-state index in [1.807, 2.05) is 0 Å². The van der Waals surface area contributed by atoms with Crippen molar-refractivity contribution in [2.45, 2.75) is 37.0 Å². The Hall–Kier alpha value is -4.09. The van der Waals surface area contributed by atoms with Crippen molar-refractivity contribution in [3.8, 4) is 5.75 Å². The molecule has 1 atom stereocenters. The monoisotopic (exact) mass is 568 g/mol. The molecule has 0 bridgehead atoms. The quantitative estimate of drug-likeness (QED) is 0.0558. The highest BCUT2D eigenvalue weighted by Gasteiger charge is 2.71. The summed E-state index contributed by atoms with van der Waals surface area (Å²) >= 11 is 0. The van der Waals surface area contributed by atoms with Crippen LogP contribution >= 0.6 is 0 Å². The molecule has 1 aromatic carbocycles. The minimum Gasteiger partial charge on any atom is -0.494 e. The summed E-state index contributed by atoms with van der Waals surface area (Å²) in [6, 6.07) is 6.06. The Morgan fingerprint density at radius 3 is 2.58 bits per heavy atom. The maximum Gasteiger partial charge on any atom is 0.277 e. The molecular weight excluding hydrogens is 543 g/mol. The zero-order valence-electron chi connectivity index (χ0n) is 21.4. The van der Waals surface area contributed by atoms with Gasteiger partial charge in [-0.1, -0.05) is 11.2 Å². The maximum atomic E-state index is 12.7. The number of amides is 2. The van der Waals surface area contributed by atoms with E-state index in [1.54, 1.807) is 34.1 Å². The Morgan fingerprint density at radius 2 is 2.00 bits per heavy atom. The maximum absolute atomic E-state index is 12.7. The second-order valence-corrected chi connectivity index (χ2v) is 10.7. The van der Waals surface area contributed by atoms with Crippen LogP contribution in [0.1, 0.15) is 41.7 Å². The predicted molar refractivity (Wildman–Crippen MR) is 143 cm³/mol. The molecule has 2 amide bonds. The number of rotatable bonds is 10. The molecule has 3 aliphatic rings. The van der Waals surface area contributed by atoms with Gasteiger partial charge in [-0.25, -0.2) is 4.21 Å². The normalized spacial score (nSPS) is 18.6. The largest absolute Gasteiger partial charge is 0.494 e. The van der Waals surface area contributed by atoms with Crippen LogP contribution in [0.4, 0.5) is 17.2 Å². The van der Waals surface area contributed by atoms with E-state index >= 15 is 0 Å². The van der Waals surface area contributed by atoms with Crippen LogP contribution < -0.4 is 20.7 Å². The number of amidine groups is 1. The summed E-state index contributed by atoms with van der Waals surface area (Å²) in [5.41, 5.74) is -0.246. The lowest BCUT2D eigenvalue weighted by atomic mass is 10.0. The van der Waals surface area contributed by atoms with Gasteiger partial charge in [-0.15, -0.1) is 10.2 Å². The number of oxime groups is 1. The van der Waals surface area contributed by atoms with Crippen molar-refractivity contribution >= 4 is 59.6 Å². The minimum absolute atomic E-state index is 0.000659. The molecule has 2 aromatic rings. The zero-order chi connectivity index (χ0) is 28.8. The van der Waals surface area contributed by atoms with Gasteiger partial charge in [-0.3, -0.25) is 19.3 Å². The van der Waals surface area contributed by atoms with Crippen molar-refractivity contribution < 1.29 is 33.6 Å². The molecule has 1 saturated heterocycles. The van der Waals surface area contributed by atoms with E-state index in [2.05, 4.69) is 26.0 Å². The number of methoxy groups -OCH3 is 1. The summed E-state index contributed by atoms with van der Waals surface area (Å²) in [5.74, 6) is -4.12. The fourth-order valence-corrected chi connectivity index (χ4v) is 5.31. The highest BCUT2D eigenvalue weighted by Crippen LogP contribution is 2.56. The van der Waals surface area contributed by atoms with E-state index < -0.39 is 22.7 Å². The molecular formula is C23H25BN8O7S. The fraction of sp³-hybridized carbons (Fsp3) is 0.391. The number of benzene rings is 1. The molecule has 3 fully saturated rings. The number of nitrogens with one attached hydrogen (secondary N) is 4. The topological polar surface area (TPSA) is 211 Å². The summed E-state index contributed by atoms with van der Waals surface area (Å²) in [6.45, 7) is 0. The van der Waals surface area contributed by atoms with Crippen LogP contribution in [0.3, 0.4) is 0 Å². The summed E-state index contributed by atoms with van der Waals surface area (Å²) in [4.78, 5) is 30.3. The van der Waals surface area contributed by atoms with Gasteiger partial charge < -0.3 is 35.7 Å². The molecule has 15 nitrogen and oxygen atoms in total. The molecule has 40 heavy (non-hydrogen) atoms. The van der Waals surface area contributed by atoms with Crippen LogP contribution in [0.2, 0.25) is 0 Å². The Kier molecular flexibility index (Phi) is 6.97. The smallest absolute Gasteiger partial charge is 0.277 e. The second kappa shape index (κ2) is 10.1. The molecule has 1 spiro atoms. The van der Waals surface area contributed by atoms with Crippen LogP contribution in [-0.4, -0.2) is 85.0 Å². The first-order valence-electron chi connectivity index (χ1n) is 12.1. The molecule has 2 radical (unpaired) electrons. The number of aromatic nitrogens is 2. The van der Waals surface area contributed by atoms with Gasteiger partial charge >= 0.3 is 0 Å². The summed E-state index contributed by atoms with van der Waals surface area (Å²) in [7, 11) is 5.20. The Balaban J connectivity index is 1.42. The third-order valence-corrected chi connectivity index (χ3v) is 7.43. The van der Waals surface area contributed by atoms with E-state index in [9.17, 15) is 24.0 Å². The first-order chi connectivity index (χ1) is 18.9. The van der Waals surface area contributed by atoms with Gasteiger partial charge in [-0.05, 0) is 37.8 Å². The van der Waals surface area contributed by atoms with Crippen molar-refractivity contribution in [1.82, 2.24) is 19.8 Å². The third kappa shape index (κ3) is 5.61. The van der Waals surface area contributed by atoms with Gasteiger partial charge in [0.1, 0.15) is 16.5 Å². The minimum atomic E-state index is -3.03. The number of hydrogen-bond donors (Lipinski definition) is 6. The average molecular weight is 568 g/mol. The van der Waals surface area contributed by atoms with E-state index in [4.69, 9.17) is 22.8 Å². The van der Waals surface area contributed by atoms with Gasteiger partial charge in [0, 0.05) is 18.2 Å². The van der Waals surface area contributed by atoms with Gasteiger partial charge in [0.15, 0.2) is 36.8 Å². The third-order valence-electron chi connectivity index (χ3n) is 6.39. The van der Waals surface area contributed by atoms with E-state index in [0.29, 0.717) is 5.84 Å². The first kappa shape index (κ1) is 27.5. The van der Waals surface area contributed by atoms with Crippen LogP contribution in [0.5, 0.6) is 5.75 Å². The molecule has 1 aromatic heterocycles. The predicted octanol–water partition coefficient (Wildman–Crippen LogP) is -0.131. The Morgan fingerprint density at radius 1 is 1.27 bits per heavy atom. The number of aliphatic hydroxyl groups is 2. The lowest BCUT2D eigenvalue weighted by Crippen LogP contribution is -2.49. The first-order valence-corrected chi connectivity index (χ1v) is 13.6. The van der Waals surface area contributed by atoms with Crippen molar-refractivity contribution in [3.05, 3.63) is 35.5 Å². The number of ether oxygens (including phenoxy) is 1. The zero-order valence-corrected chi connectivity index (χ0v) is 22.2. The van der Waals surface area contributed by atoms with E-state index in [1.165, 1.54) is 13.2 Å². The number of para-hydroxylation sites is 1. The number of hydrogen-bond acceptors (Lipinski definition) is 12. The van der Waals surface area contributed by atoms with Crippen LogP contribution in [-0.2, 0) is 20.6 Å². The molecule has 1 unspecified atom stereocenters. The number of nitrogens with zero attached hydrogens (tertiary/aromatic N) is 4. The fourth-order valence-electron chi connectivity index (χ4n) is 4.15. The molecule has 5 rings (SSSR count). The Labute approximate surface area is 231 Å². The van der Waals surface area contributed by atoms with Gasteiger partial charge in [0.2, 0.25) is 5.91 Å². The lowest BCUT2D eigenvalue weighted by molar-refractivity contribution is -0.117. The highest BCUT2D eigenvalue weighted by atomic mass is 32.2. The van der Waals surface area contributed by atoms with Crippen LogP contribution in [0.25, 0.3) is 0 Å². The van der Waals surface area contributed by atoms with Gasteiger partial charge in [0.05, 0.1) is 24.0 Å². The van der Waals surface area contributed by atoms with Crippen LogP contribution in [0.15, 0.2) is 29.4 Å². The summed E-state index contributed by atoms with van der Waals surface area (Å²) in [6.07, 6.45) is 4.71. The van der Waals surface area contributed by atoms with Crippen molar-refractivity contribution in [3.63, 3.8) is 0 Å². The van der Waals surface area contributed by atoms with Crippen molar-refractivity contribution in [1.29, 1.82) is 5.41 Å². The van der Waals surface area contributed by atoms with Crippen LogP contribution in [0, 0.1) is 11.3 Å². The van der Waals surface area contributed by atoms with Crippen molar-refractivity contribution in [2.75, 3.05) is 24.0 Å². The van der Waals surface area contributed by atoms with E-state index in [-0.39, 0.29) is 57.5 Å². The SMILES string of the molecule is [B]C(O)(O)NC(=O)c1nnc(NC(=O)C2CC2)cc1Nc1cccc(C(=N)ON=C2N(S(C)=O)C23CC3)c1OC. The van der Waals surface area contributed by atoms with E-state index in [0.717, 1.165) is 25.7 Å². The lowest BCUT2D eigenvalue weighted by Gasteiger charge is -2.20.